The van der Waals surface area contributed by atoms with E-state index in [2.05, 4.69) is 10.4 Å². The Morgan fingerprint density at radius 3 is 2.58 bits per heavy atom. The number of aryl methyl sites for hydroxylation is 1. The first-order chi connectivity index (χ1) is 12.5. The molecule has 0 atom stereocenters. The molecule has 0 aliphatic carbocycles. The molecular weight excluding hydrogens is 352 g/mol. The van der Waals surface area contributed by atoms with E-state index in [1.54, 1.807) is 23.7 Å². The fourth-order valence-electron chi connectivity index (χ4n) is 2.45. The average molecular weight is 367 g/mol. The summed E-state index contributed by atoms with van der Waals surface area (Å²) in [5, 5.41) is 14.4. The Hall–Kier alpha value is -3.25. The molecule has 1 amide bonds. The first-order valence-corrected chi connectivity index (χ1v) is 8.15. The molecule has 0 saturated heterocycles. The monoisotopic (exact) mass is 366 g/mol. The first-order valence-electron chi connectivity index (χ1n) is 7.77. The number of benzene rings is 2. The van der Waals surface area contributed by atoms with Crippen LogP contribution in [-0.4, -0.2) is 21.9 Å². The van der Waals surface area contributed by atoms with Crippen LogP contribution < -0.4 is 10.7 Å². The number of nitrogens with zero attached hydrogens (tertiary/aromatic N) is 2. The Balaban J connectivity index is 1.96. The number of nitrogens with one attached hydrogen (secondary N) is 2. The summed E-state index contributed by atoms with van der Waals surface area (Å²) in [6, 6.07) is 15.3. The van der Waals surface area contributed by atoms with Gasteiger partial charge in [0.15, 0.2) is 5.69 Å². The first kappa shape index (κ1) is 17.6. The van der Waals surface area contributed by atoms with Gasteiger partial charge in [-0.15, -0.1) is 0 Å². The van der Waals surface area contributed by atoms with Crippen molar-refractivity contribution in [3.63, 3.8) is 0 Å². The zero-order chi connectivity index (χ0) is 18.7. The van der Waals surface area contributed by atoms with Crippen molar-refractivity contribution in [2.75, 3.05) is 5.32 Å². The Bertz CT molecular complexity index is 1050. The third-order valence-corrected chi connectivity index (χ3v) is 4.06. The fourth-order valence-corrected chi connectivity index (χ4v) is 2.68. The van der Waals surface area contributed by atoms with Crippen LogP contribution in [0, 0.1) is 12.3 Å². The van der Waals surface area contributed by atoms with Crippen molar-refractivity contribution < 1.29 is 4.79 Å². The van der Waals surface area contributed by atoms with Crippen LogP contribution in [0.5, 0.6) is 0 Å². The predicted molar refractivity (Wildman–Crippen MR) is 102 cm³/mol. The Kier molecular flexibility index (Phi) is 4.95. The molecule has 1 heterocycles. The van der Waals surface area contributed by atoms with Crippen LogP contribution in [0.1, 0.15) is 21.7 Å². The lowest BCUT2D eigenvalue weighted by Crippen LogP contribution is -2.26. The second kappa shape index (κ2) is 7.33. The van der Waals surface area contributed by atoms with E-state index < -0.39 is 11.3 Å². The van der Waals surface area contributed by atoms with Gasteiger partial charge in [0, 0.05) is 29.2 Å². The minimum Gasteiger partial charge on any atom is -0.320 e. The van der Waals surface area contributed by atoms with Gasteiger partial charge in [-0.1, -0.05) is 29.8 Å². The zero-order valence-electron chi connectivity index (χ0n) is 13.9. The van der Waals surface area contributed by atoms with Crippen LogP contribution >= 0.6 is 11.6 Å². The second-order valence-electron chi connectivity index (χ2n) is 5.58. The number of amides is 1. The van der Waals surface area contributed by atoms with E-state index in [0.717, 1.165) is 11.9 Å². The van der Waals surface area contributed by atoms with E-state index in [1.165, 1.54) is 12.1 Å². The van der Waals surface area contributed by atoms with Gasteiger partial charge in [-0.3, -0.25) is 9.59 Å². The third-order valence-electron chi connectivity index (χ3n) is 3.74. The lowest BCUT2D eigenvalue weighted by molar-refractivity contribution is 0.101. The number of anilines is 1. The summed E-state index contributed by atoms with van der Waals surface area (Å²) in [6.45, 7) is 1.75. The number of hydrogen-bond donors (Lipinski definition) is 2. The van der Waals surface area contributed by atoms with Gasteiger partial charge in [0.2, 0.25) is 5.43 Å². The number of hydrogen-bond acceptors (Lipinski definition) is 4. The van der Waals surface area contributed by atoms with E-state index in [4.69, 9.17) is 17.0 Å². The quantitative estimate of drug-likeness (QED) is 0.693. The van der Waals surface area contributed by atoms with Gasteiger partial charge in [-0.2, -0.15) is 5.10 Å². The standard InChI is InChI=1S/C19H15ClN4O2/c1-12-9-17(25)18(23-24(12)15-5-3-2-4-6-15)19(26)22-14-8-7-13(11-21)16(20)10-14/h2-11,21H,1H3,(H,22,26). The maximum atomic E-state index is 12.5. The number of aromatic nitrogens is 2. The van der Waals surface area contributed by atoms with Gasteiger partial charge in [-0.25, -0.2) is 4.68 Å². The SMILES string of the molecule is Cc1cc(=O)c(C(=O)Nc2ccc(C=N)c(Cl)c2)nn1-c1ccccc1. The summed E-state index contributed by atoms with van der Waals surface area (Å²) in [5.41, 5.74) is 1.64. The Morgan fingerprint density at radius 2 is 1.92 bits per heavy atom. The van der Waals surface area contributed by atoms with Gasteiger partial charge >= 0.3 is 0 Å². The molecule has 0 aliphatic heterocycles. The Morgan fingerprint density at radius 1 is 1.19 bits per heavy atom. The van der Waals surface area contributed by atoms with Crippen LogP contribution in [0.25, 0.3) is 5.69 Å². The molecule has 0 unspecified atom stereocenters. The molecular formula is C19H15ClN4O2. The number of halogens is 1. The van der Waals surface area contributed by atoms with Crippen molar-refractivity contribution >= 4 is 29.4 Å². The molecule has 0 saturated carbocycles. The van der Waals surface area contributed by atoms with E-state index in [-0.39, 0.29) is 5.69 Å². The molecule has 6 nitrogen and oxygen atoms in total. The summed E-state index contributed by atoms with van der Waals surface area (Å²) >= 11 is 6.03. The number of rotatable bonds is 4. The molecule has 1 aromatic heterocycles. The van der Waals surface area contributed by atoms with Crippen LogP contribution in [-0.2, 0) is 0 Å². The smallest absolute Gasteiger partial charge is 0.280 e. The van der Waals surface area contributed by atoms with Crippen molar-refractivity contribution in [2.45, 2.75) is 6.92 Å². The topological polar surface area (TPSA) is 87.8 Å². The van der Waals surface area contributed by atoms with Gasteiger partial charge in [0.05, 0.1) is 10.7 Å². The summed E-state index contributed by atoms with van der Waals surface area (Å²) in [5.74, 6) is -0.627. The van der Waals surface area contributed by atoms with Gasteiger partial charge in [-0.05, 0) is 37.3 Å². The van der Waals surface area contributed by atoms with Gasteiger partial charge < -0.3 is 10.7 Å². The highest BCUT2D eigenvalue weighted by Crippen LogP contribution is 2.20. The lowest BCUT2D eigenvalue weighted by atomic mass is 10.2. The highest BCUT2D eigenvalue weighted by atomic mass is 35.5. The Labute approximate surface area is 154 Å². The van der Waals surface area contributed by atoms with Crippen LogP contribution in [0.4, 0.5) is 5.69 Å². The van der Waals surface area contributed by atoms with Gasteiger partial charge in [0.25, 0.3) is 5.91 Å². The van der Waals surface area contributed by atoms with E-state index in [0.29, 0.717) is 22.0 Å². The van der Waals surface area contributed by atoms with Crippen LogP contribution in [0.2, 0.25) is 5.02 Å². The van der Waals surface area contributed by atoms with E-state index in [1.807, 2.05) is 30.3 Å². The number of carbonyl (C=O) groups excluding carboxylic acids is 1. The third kappa shape index (κ3) is 3.55. The minimum absolute atomic E-state index is 0.216. The average Bonchev–Trinajstić information content (AvgIpc) is 2.62. The predicted octanol–water partition coefficient (Wildman–Crippen LogP) is 3.44. The normalized spacial score (nSPS) is 10.4. The summed E-state index contributed by atoms with van der Waals surface area (Å²) in [7, 11) is 0. The van der Waals surface area contributed by atoms with E-state index >= 15 is 0 Å². The van der Waals surface area contributed by atoms with Crippen molar-refractivity contribution in [3.8, 4) is 5.69 Å². The second-order valence-corrected chi connectivity index (χ2v) is 5.99. The molecule has 26 heavy (non-hydrogen) atoms. The van der Waals surface area contributed by atoms with E-state index in [9.17, 15) is 9.59 Å². The number of carbonyl (C=O) groups is 1. The molecule has 2 N–H and O–H groups in total. The van der Waals surface area contributed by atoms with Crippen molar-refractivity contribution in [3.05, 3.63) is 86.8 Å². The lowest BCUT2D eigenvalue weighted by Gasteiger charge is -2.11. The maximum absolute atomic E-state index is 12.5. The highest BCUT2D eigenvalue weighted by Gasteiger charge is 2.16. The summed E-state index contributed by atoms with van der Waals surface area (Å²) in [6.07, 6.45) is 1.12. The molecule has 0 aliphatic rings. The molecule has 0 spiro atoms. The number of para-hydroxylation sites is 1. The zero-order valence-corrected chi connectivity index (χ0v) is 14.6. The van der Waals surface area contributed by atoms with Crippen LogP contribution in [0.3, 0.4) is 0 Å². The van der Waals surface area contributed by atoms with Gasteiger partial charge in [0.1, 0.15) is 0 Å². The van der Waals surface area contributed by atoms with Crippen molar-refractivity contribution in [2.24, 2.45) is 0 Å². The largest absolute Gasteiger partial charge is 0.320 e. The maximum Gasteiger partial charge on any atom is 0.280 e. The molecule has 3 rings (SSSR count). The van der Waals surface area contributed by atoms with Crippen molar-refractivity contribution in [1.29, 1.82) is 5.41 Å². The minimum atomic E-state index is -0.627. The summed E-state index contributed by atoms with van der Waals surface area (Å²) in [4.78, 5) is 24.8. The molecule has 7 heteroatoms. The summed E-state index contributed by atoms with van der Waals surface area (Å²) < 4.78 is 1.54. The molecule has 0 bridgehead atoms. The van der Waals surface area contributed by atoms with Crippen molar-refractivity contribution in [1.82, 2.24) is 9.78 Å². The molecule has 0 radical (unpaired) electrons. The van der Waals surface area contributed by atoms with Crippen LogP contribution in [0.15, 0.2) is 59.4 Å². The highest BCUT2D eigenvalue weighted by molar-refractivity contribution is 6.33. The molecule has 2 aromatic carbocycles. The molecule has 0 fully saturated rings. The molecule has 3 aromatic rings. The fraction of sp³-hybridized carbons (Fsp3) is 0.0526. The molecule has 130 valence electrons.